The van der Waals surface area contributed by atoms with Crippen LogP contribution in [0.5, 0.6) is 5.75 Å². The van der Waals surface area contributed by atoms with E-state index in [0.717, 1.165) is 44.5 Å². The van der Waals surface area contributed by atoms with Gasteiger partial charge >= 0.3 is 0 Å². The summed E-state index contributed by atoms with van der Waals surface area (Å²) in [5.74, 6) is 0.773. The van der Waals surface area contributed by atoms with Gasteiger partial charge in [0, 0.05) is 27.7 Å². The van der Waals surface area contributed by atoms with Crippen LogP contribution in [0.15, 0.2) is 46.9 Å². The maximum atomic E-state index is 12.8. The van der Waals surface area contributed by atoms with Gasteiger partial charge in [0.25, 0.3) is 5.91 Å². The van der Waals surface area contributed by atoms with Gasteiger partial charge in [0.05, 0.1) is 17.7 Å². The second kappa shape index (κ2) is 5.91. The Morgan fingerprint density at radius 3 is 2.96 bits per heavy atom. The fraction of sp³-hybridized carbons (Fsp3) is 0.158. The minimum Gasteiger partial charge on any atom is -0.493 e. The number of hydrogen-bond acceptors (Lipinski definition) is 3. The zero-order valence-corrected chi connectivity index (χ0v) is 14.7. The number of amides is 1. The molecule has 120 valence electrons. The van der Waals surface area contributed by atoms with Crippen LogP contribution in [-0.2, 0) is 6.42 Å². The first-order valence-electron chi connectivity index (χ1n) is 7.74. The molecule has 2 aromatic carbocycles. The molecule has 1 aliphatic heterocycles. The van der Waals surface area contributed by atoms with Crippen molar-refractivity contribution in [2.24, 2.45) is 0 Å². The van der Waals surface area contributed by atoms with Gasteiger partial charge in [0.2, 0.25) is 0 Å². The number of benzene rings is 2. The highest BCUT2D eigenvalue weighted by molar-refractivity contribution is 9.10. The maximum absolute atomic E-state index is 12.8. The van der Waals surface area contributed by atoms with Crippen molar-refractivity contribution in [2.45, 2.75) is 13.3 Å². The van der Waals surface area contributed by atoms with Gasteiger partial charge in [-0.2, -0.15) is 0 Å². The van der Waals surface area contributed by atoms with Gasteiger partial charge in [-0.1, -0.05) is 22.0 Å². The maximum Gasteiger partial charge on any atom is 0.256 e. The standard InChI is InChI=1S/C19H15BrN2O2/c1-11-8-16(15-4-2-13(20)10-17(15)21-11)19(23)22-14-3-5-18-12(9-14)6-7-24-18/h2-5,8-10H,6-7H2,1H3,(H,22,23). The van der Waals surface area contributed by atoms with E-state index in [9.17, 15) is 4.79 Å². The molecule has 5 heteroatoms. The molecule has 1 aliphatic rings. The van der Waals surface area contributed by atoms with E-state index < -0.39 is 0 Å². The van der Waals surface area contributed by atoms with Crippen molar-refractivity contribution in [1.82, 2.24) is 4.98 Å². The Hall–Kier alpha value is -2.40. The third kappa shape index (κ3) is 2.76. The van der Waals surface area contributed by atoms with Crippen molar-refractivity contribution in [3.05, 3.63) is 63.8 Å². The van der Waals surface area contributed by atoms with Gasteiger partial charge < -0.3 is 10.1 Å². The zero-order valence-electron chi connectivity index (χ0n) is 13.1. The van der Waals surface area contributed by atoms with Gasteiger partial charge in [-0.05, 0) is 48.9 Å². The smallest absolute Gasteiger partial charge is 0.256 e. The number of aryl methyl sites for hydroxylation is 1. The predicted octanol–water partition coefficient (Wildman–Crippen LogP) is 4.49. The van der Waals surface area contributed by atoms with Crippen molar-refractivity contribution in [1.29, 1.82) is 0 Å². The number of carbonyl (C=O) groups excluding carboxylic acids is 1. The van der Waals surface area contributed by atoms with E-state index in [-0.39, 0.29) is 5.91 Å². The van der Waals surface area contributed by atoms with Crippen molar-refractivity contribution in [2.75, 3.05) is 11.9 Å². The summed E-state index contributed by atoms with van der Waals surface area (Å²) in [4.78, 5) is 17.3. The van der Waals surface area contributed by atoms with E-state index in [2.05, 4.69) is 26.2 Å². The molecule has 4 rings (SSSR count). The Labute approximate surface area is 148 Å². The van der Waals surface area contributed by atoms with E-state index >= 15 is 0 Å². The normalized spacial score (nSPS) is 12.8. The van der Waals surface area contributed by atoms with Crippen LogP contribution < -0.4 is 10.1 Å². The predicted molar refractivity (Wildman–Crippen MR) is 97.8 cm³/mol. The molecule has 0 spiro atoms. The highest BCUT2D eigenvalue weighted by atomic mass is 79.9. The van der Waals surface area contributed by atoms with Crippen LogP contribution in [0.1, 0.15) is 21.6 Å². The van der Waals surface area contributed by atoms with Crippen LogP contribution in [0.4, 0.5) is 5.69 Å². The summed E-state index contributed by atoms with van der Waals surface area (Å²) in [7, 11) is 0. The first-order valence-corrected chi connectivity index (χ1v) is 8.53. The Bertz CT molecular complexity index is 964. The zero-order chi connectivity index (χ0) is 16.7. The van der Waals surface area contributed by atoms with Crippen molar-refractivity contribution < 1.29 is 9.53 Å². The first kappa shape index (κ1) is 15.1. The van der Waals surface area contributed by atoms with Gasteiger partial charge in [-0.3, -0.25) is 9.78 Å². The molecule has 1 aromatic heterocycles. The molecule has 1 amide bonds. The minimum absolute atomic E-state index is 0.133. The second-order valence-corrected chi connectivity index (χ2v) is 6.76. The van der Waals surface area contributed by atoms with E-state index in [1.165, 1.54) is 0 Å². The lowest BCUT2D eigenvalue weighted by Crippen LogP contribution is -2.13. The molecule has 0 unspecified atom stereocenters. The lowest BCUT2D eigenvalue weighted by atomic mass is 10.1. The molecule has 0 bridgehead atoms. The molecule has 1 N–H and O–H groups in total. The average Bonchev–Trinajstić information content (AvgIpc) is 3.01. The largest absolute Gasteiger partial charge is 0.493 e. The molecule has 24 heavy (non-hydrogen) atoms. The molecular formula is C19H15BrN2O2. The molecule has 3 aromatic rings. The van der Waals surface area contributed by atoms with Crippen LogP contribution in [0.25, 0.3) is 10.9 Å². The van der Waals surface area contributed by atoms with Crippen LogP contribution in [0, 0.1) is 6.92 Å². The van der Waals surface area contributed by atoms with Gasteiger partial charge in [0.1, 0.15) is 5.75 Å². The Morgan fingerprint density at radius 1 is 1.21 bits per heavy atom. The quantitative estimate of drug-likeness (QED) is 0.709. The Morgan fingerprint density at radius 2 is 2.08 bits per heavy atom. The van der Waals surface area contributed by atoms with Crippen LogP contribution in [0.3, 0.4) is 0 Å². The number of fused-ring (bicyclic) bond motifs is 2. The van der Waals surface area contributed by atoms with Gasteiger partial charge in [0.15, 0.2) is 0 Å². The number of aromatic nitrogens is 1. The number of halogens is 1. The Balaban J connectivity index is 1.70. The molecule has 0 fully saturated rings. The molecule has 0 saturated carbocycles. The first-order chi connectivity index (χ1) is 11.6. The number of hydrogen-bond donors (Lipinski definition) is 1. The number of pyridine rings is 1. The van der Waals surface area contributed by atoms with E-state index in [1.807, 2.05) is 49.4 Å². The molecule has 4 nitrogen and oxygen atoms in total. The summed E-state index contributed by atoms with van der Waals surface area (Å²) < 4.78 is 6.44. The van der Waals surface area contributed by atoms with Crippen molar-refractivity contribution in [3.63, 3.8) is 0 Å². The van der Waals surface area contributed by atoms with Gasteiger partial charge in [-0.15, -0.1) is 0 Å². The van der Waals surface area contributed by atoms with Crippen LogP contribution in [-0.4, -0.2) is 17.5 Å². The van der Waals surface area contributed by atoms with Gasteiger partial charge in [-0.25, -0.2) is 0 Å². The summed E-state index contributed by atoms with van der Waals surface area (Å²) in [5.41, 5.74) is 4.16. The third-order valence-corrected chi connectivity index (χ3v) is 4.59. The summed E-state index contributed by atoms with van der Waals surface area (Å²) in [6.07, 6.45) is 0.879. The third-order valence-electron chi connectivity index (χ3n) is 4.09. The number of rotatable bonds is 2. The molecule has 0 radical (unpaired) electrons. The monoisotopic (exact) mass is 382 g/mol. The van der Waals surface area contributed by atoms with Crippen molar-refractivity contribution >= 4 is 38.4 Å². The molecule has 2 heterocycles. The Kier molecular flexibility index (Phi) is 3.73. The molecule has 0 saturated heterocycles. The second-order valence-electron chi connectivity index (χ2n) is 5.85. The highest BCUT2D eigenvalue weighted by Gasteiger charge is 2.15. The summed E-state index contributed by atoms with van der Waals surface area (Å²) >= 11 is 3.45. The topological polar surface area (TPSA) is 51.2 Å². The molecule has 0 aliphatic carbocycles. The van der Waals surface area contributed by atoms with E-state index in [0.29, 0.717) is 12.2 Å². The lowest BCUT2D eigenvalue weighted by Gasteiger charge is -2.10. The minimum atomic E-state index is -0.133. The van der Waals surface area contributed by atoms with Crippen LogP contribution in [0.2, 0.25) is 0 Å². The van der Waals surface area contributed by atoms with Crippen LogP contribution >= 0.6 is 15.9 Å². The summed E-state index contributed by atoms with van der Waals surface area (Å²) in [6, 6.07) is 13.3. The number of ether oxygens (including phenoxy) is 1. The number of carbonyl (C=O) groups is 1. The number of nitrogens with one attached hydrogen (secondary N) is 1. The van der Waals surface area contributed by atoms with E-state index in [1.54, 1.807) is 0 Å². The van der Waals surface area contributed by atoms with E-state index in [4.69, 9.17) is 4.74 Å². The molecular weight excluding hydrogens is 368 g/mol. The highest BCUT2D eigenvalue weighted by Crippen LogP contribution is 2.29. The van der Waals surface area contributed by atoms with Crippen molar-refractivity contribution in [3.8, 4) is 5.75 Å². The summed E-state index contributed by atoms with van der Waals surface area (Å²) in [6.45, 7) is 2.60. The average molecular weight is 383 g/mol. The fourth-order valence-electron chi connectivity index (χ4n) is 2.98. The number of nitrogens with zero attached hydrogens (tertiary/aromatic N) is 1. The lowest BCUT2D eigenvalue weighted by molar-refractivity contribution is 0.102. The SMILES string of the molecule is Cc1cc(C(=O)Nc2ccc3c(c2)CCO3)c2ccc(Br)cc2n1. The molecule has 0 atom stereocenters. The summed E-state index contributed by atoms with van der Waals surface area (Å²) in [5, 5.41) is 3.83. The fourth-order valence-corrected chi connectivity index (χ4v) is 3.33. The number of anilines is 1.